The molecule has 0 saturated carbocycles. The Hall–Kier alpha value is -1.47. The zero-order valence-corrected chi connectivity index (χ0v) is 12.7. The molecule has 0 amide bonds. The second kappa shape index (κ2) is 6.12. The van der Waals surface area contributed by atoms with Gasteiger partial charge in [-0.1, -0.05) is 23.1 Å². The lowest BCUT2D eigenvalue weighted by Crippen LogP contribution is -2.07. The predicted octanol–water partition coefficient (Wildman–Crippen LogP) is 2.74. The molecule has 2 N–H and O–H groups in total. The van der Waals surface area contributed by atoms with Crippen LogP contribution in [-0.4, -0.2) is 30.9 Å². The molecule has 0 bridgehead atoms. The van der Waals surface area contributed by atoms with E-state index in [9.17, 15) is 0 Å². The Balaban J connectivity index is 2.17. The monoisotopic (exact) mass is 296 g/mol. The average molecular weight is 296 g/mol. The molecule has 0 unspecified atom stereocenters. The summed E-state index contributed by atoms with van der Waals surface area (Å²) in [6.45, 7) is 2.57. The predicted molar refractivity (Wildman–Crippen MR) is 80.4 cm³/mol. The maximum absolute atomic E-state index is 5.86. The van der Waals surface area contributed by atoms with Gasteiger partial charge in [-0.3, -0.25) is 0 Å². The highest BCUT2D eigenvalue weighted by Gasteiger charge is 2.08. The van der Waals surface area contributed by atoms with Gasteiger partial charge in [-0.15, -0.1) is 10.2 Å². The number of benzene rings is 1. The fourth-order valence-electron chi connectivity index (χ4n) is 1.43. The van der Waals surface area contributed by atoms with E-state index in [1.165, 1.54) is 11.8 Å². The van der Waals surface area contributed by atoms with Crippen LogP contribution in [-0.2, 0) is 0 Å². The van der Waals surface area contributed by atoms with Gasteiger partial charge in [-0.25, -0.2) is 0 Å². The molecule has 0 radical (unpaired) electrons. The highest BCUT2D eigenvalue weighted by atomic mass is 32.2. The number of nitrogens with zero attached hydrogens (tertiary/aromatic N) is 3. The van der Waals surface area contributed by atoms with Crippen molar-refractivity contribution < 1.29 is 4.74 Å². The van der Waals surface area contributed by atoms with E-state index in [2.05, 4.69) is 10.2 Å². The minimum atomic E-state index is 0.622. The first-order chi connectivity index (χ1) is 9.08. The summed E-state index contributed by atoms with van der Waals surface area (Å²) in [7, 11) is 3.89. The Morgan fingerprint density at radius 2 is 2.11 bits per heavy atom. The van der Waals surface area contributed by atoms with Crippen molar-refractivity contribution in [3.8, 4) is 5.75 Å². The lowest BCUT2D eigenvalue weighted by atomic mass is 10.3. The molecule has 0 spiro atoms. The second-order valence-corrected chi connectivity index (χ2v) is 6.29. The first-order valence-electron chi connectivity index (χ1n) is 5.80. The van der Waals surface area contributed by atoms with Gasteiger partial charge in [0.1, 0.15) is 5.75 Å². The lowest BCUT2D eigenvalue weighted by Gasteiger charge is -2.06. The third-order valence-electron chi connectivity index (χ3n) is 2.20. The van der Waals surface area contributed by atoms with Crippen LogP contribution in [0.25, 0.3) is 0 Å². The summed E-state index contributed by atoms with van der Waals surface area (Å²) in [5, 5.41) is 9.14. The van der Waals surface area contributed by atoms with Crippen LogP contribution in [0.1, 0.15) is 6.92 Å². The van der Waals surface area contributed by atoms with Gasteiger partial charge in [0.25, 0.3) is 0 Å². The van der Waals surface area contributed by atoms with Crippen LogP contribution in [0.2, 0.25) is 0 Å². The van der Waals surface area contributed by atoms with Crippen LogP contribution in [0.15, 0.2) is 27.4 Å². The molecule has 0 saturated heterocycles. The molecule has 1 heterocycles. The van der Waals surface area contributed by atoms with Gasteiger partial charge in [-0.2, -0.15) is 0 Å². The zero-order chi connectivity index (χ0) is 13.8. The summed E-state index contributed by atoms with van der Waals surface area (Å²) < 4.78 is 6.36. The van der Waals surface area contributed by atoms with Crippen molar-refractivity contribution >= 4 is 33.9 Å². The quantitative estimate of drug-likeness (QED) is 0.856. The van der Waals surface area contributed by atoms with Gasteiger partial charge in [0.2, 0.25) is 5.13 Å². The van der Waals surface area contributed by atoms with Crippen LogP contribution in [0, 0.1) is 0 Å². The van der Waals surface area contributed by atoms with Gasteiger partial charge in [0.05, 0.1) is 6.61 Å². The highest BCUT2D eigenvalue weighted by Crippen LogP contribution is 2.35. The van der Waals surface area contributed by atoms with Crippen LogP contribution in [0.3, 0.4) is 0 Å². The van der Waals surface area contributed by atoms with Crippen LogP contribution in [0.4, 0.5) is 10.8 Å². The normalized spacial score (nSPS) is 10.5. The number of rotatable bonds is 5. The fourth-order valence-corrected chi connectivity index (χ4v) is 3.26. The van der Waals surface area contributed by atoms with E-state index in [-0.39, 0.29) is 0 Å². The largest absolute Gasteiger partial charge is 0.494 e. The summed E-state index contributed by atoms with van der Waals surface area (Å²) in [6, 6.07) is 5.68. The van der Waals surface area contributed by atoms with Crippen molar-refractivity contribution in [2.75, 3.05) is 31.3 Å². The molecule has 7 heteroatoms. The molecule has 0 fully saturated rings. The topological polar surface area (TPSA) is 64.3 Å². The SMILES string of the molecule is CCOc1cc(N)cc(Sc2nnc(N(C)C)s2)c1. The Labute approximate surface area is 120 Å². The molecule has 1 aromatic heterocycles. The average Bonchev–Trinajstić information content (AvgIpc) is 2.77. The Kier molecular flexibility index (Phi) is 4.49. The van der Waals surface area contributed by atoms with E-state index in [1.807, 2.05) is 44.1 Å². The highest BCUT2D eigenvalue weighted by molar-refractivity contribution is 8.01. The number of hydrogen-bond acceptors (Lipinski definition) is 7. The summed E-state index contributed by atoms with van der Waals surface area (Å²) in [5.74, 6) is 0.780. The molecule has 0 aliphatic rings. The van der Waals surface area contributed by atoms with E-state index in [4.69, 9.17) is 10.5 Å². The maximum atomic E-state index is 5.86. The number of hydrogen-bond donors (Lipinski definition) is 1. The smallest absolute Gasteiger partial charge is 0.208 e. The van der Waals surface area contributed by atoms with Gasteiger partial charge in [-0.05, 0) is 19.1 Å². The zero-order valence-electron chi connectivity index (χ0n) is 11.1. The van der Waals surface area contributed by atoms with Crippen LogP contribution in [0.5, 0.6) is 5.75 Å². The third kappa shape index (κ3) is 3.74. The molecule has 19 heavy (non-hydrogen) atoms. The molecule has 0 atom stereocenters. The number of anilines is 2. The van der Waals surface area contributed by atoms with E-state index in [0.717, 1.165) is 20.1 Å². The Bertz CT molecular complexity index is 556. The molecule has 102 valence electrons. The van der Waals surface area contributed by atoms with E-state index < -0.39 is 0 Å². The number of ether oxygens (including phenoxy) is 1. The maximum Gasteiger partial charge on any atom is 0.208 e. The lowest BCUT2D eigenvalue weighted by molar-refractivity contribution is 0.339. The number of aromatic nitrogens is 2. The van der Waals surface area contributed by atoms with E-state index >= 15 is 0 Å². The van der Waals surface area contributed by atoms with Crippen molar-refractivity contribution in [3.05, 3.63) is 18.2 Å². The summed E-state index contributed by atoms with van der Waals surface area (Å²) in [6.07, 6.45) is 0. The third-order valence-corrected chi connectivity index (χ3v) is 4.31. The molecule has 2 rings (SSSR count). The molecule has 0 aliphatic heterocycles. The van der Waals surface area contributed by atoms with Crippen molar-refractivity contribution in [3.63, 3.8) is 0 Å². The number of nitrogen functional groups attached to an aromatic ring is 1. The van der Waals surface area contributed by atoms with Crippen LogP contribution < -0.4 is 15.4 Å². The molecular weight excluding hydrogens is 280 g/mol. The van der Waals surface area contributed by atoms with E-state index in [1.54, 1.807) is 11.3 Å². The van der Waals surface area contributed by atoms with Crippen molar-refractivity contribution in [1.29, 1.82) is 0 Å². The molecule has 2 aromatic rings. The van der Waals surface area contributed by atoms with Crippen LogP contribution >= 0.6 is 23.1 Å². The fraction of sp³-hybridized carbons (Fsp3) is 0.333. The van der Waals surface area contributed by atoms with Crippen molar-refractivity contribution in [1.82, 2.24) is 10.2 Å². The summed E-state index contributed by atoms with van der Waals surface area (Å²) in [4.78, 5) is 2.94. The van der Waals surface area contributed by atoms with Gasteiger partial charge >= 0.3 is 0 Å². The van der Waals surface area contributed by atoms with Gasteiger partial charge < -0.3 is 15.4 Å². The van der Waals surface area contributed by atoms with Crippen molar-refractivity contribution in [2.45, 2.75) is 16.2 Å². The summed E-state index contributed by atoms with van der Waals surface area (Å²) in [5.41, 5.74) is 6.55. The standard InChI is InChI=1S/C12H16N4OS2/c1-4-17-9-5-8(13)6-10(7-9)18-12-15-14-11(19-12)16(2)3/h5-7H,4,13H2,1-3H3. The first-order valence-corrected chi connectivity index (χ1v) is 7.44. The minimum absolute atomic E-state index is 0.622. The number of nitrogens with two attached hydrogens (primary N) is 1. The van der Waals surface area contributed by atoms with E-state index in [0.29, 0.717) is 12.3 Å². The summed E-state index contributed by atoms with van der Waals surface area (Å²) >= 11 is 3.08. The second-order valence-electron chi connectivity index (χ2n) is 4.02. The van der Waals surface area contributed by atoms with Crippen molar-refractivity contribution in [2.24, 2.45) is 0 Å². The Morgan fingerprint density at radius 3 is 2.74 bits per heavy atom. The molecule has 0 aliphatic carbocycles. The minimum Gasteiger partial charge on any atom is -0.494 e. The molecule has 5 nitrogen and oxygen atoms in total. The Morgan fingerprint density at radius 1 is 1.32 bits per heavy atom. The molecular formula is C12H16N4OS2. The molecule has 1 aromatic carbocycles. The van der Waals surface area contributed by atoms with Gasteiger partial charge in [0, 0.05) is 30.7 Å². The van der Waals surface area contributed by atoms with Gasteiger partial charge in [0.15, 0.2) is 4.34 Å². The first kappa shape index (κ1) is 14.0.